The van der Waals surface area contributed by atoms with Crippen LogP contribution in [-0.4, -0.2) is 205 Å². The number of ether oxygens (including phenoxy) is 9. The third-order valence-corrected chi connectivity index (χ3v) is 9.48. The van der Waals surface area contributed by atoms with Crippen LogP contribution in [0.3, 0.4) is 0 Å². The molecule has 1 fully saturated rings. The molecule has 0 N–H and O–H groups in total. The van der Waals surface area contributed by atoms with E-state index in [4.69, 9.17) is 42.6 Å². The highest BCUT2D eigenvalue weighted by atomic mass is 16.6. The molecule has 17 nitrogen and oxygen atoms in total. The monoisotopic (exact) mass is 883 g/mol. The predicted molar refractivity (Wildman–Crippen MR) is 234 cm³/mol. The van der Waals surface area contributed by atoms with Crippen molar-refractivity contribution >= 4 is 23.9 Å². The van der Waals surface area contributed by atoms with E-state index < -0.39 is 29.3 Å². The summed E-state index contributed by atoms with van der Waals surface area (Å²) in [5.74, 6) is -0.891. The molecule has 0 amide bonds. The Morgan fingerprint density at radius 2 is 0.984 bits per heavy atom. The van der Waals surface area contributed by atoms with Gasteiger partial charge in [0.25, 0.3) is 0 Å². The first kappa shape index (κ1) is 54.7. The number of nitrogens with zero attached hydrogens (tertiary/aromatic N) is 4. The summed E-state index contributed by atoms with van der Waals surface area (Å²) in [5.41, 5.74) is -0.471. The molecule has 1 aliphatic heterocycles. The van der Waals surface area contributed by atoms with E-state index in [1.165, 1.54) is 7.11 Å². The fourth-order valence-corrected chi connectivity index (χ4v) is 6.65. The molecule has 356 valence electrons. The summed E-state index contributed by atoms with van der Waals surface area (Å²) in [4.78, 5) is 61.7. The number of benzene rings is 1. The van der Waals surface area contributed by atoms with Gasteiger partial charge in [-0.2, -0.15) is 0 Å². The number of methoxy groups -OCH3 is 1. The van der Waals surface area contributed by atoms with Crippen LogP contribution in [0.2, 0.25) is 0 Å². The van der Waals surface area contributed by atoms with E-state index in [0.717, 1.165) is 5.56 Å². The maximum Gasteiger partial charge on any atom is 0.325 e. The Hall–Kier alpha value is -3.42. The van der Waals surface area contributed by atoms with E-state index >= 15 is 0 Å². The van der Waals surface area contributed by atoms with E-state index in [-0.39, 0.29) is 50.8 Å². The van der Waals surface area contributed by atoms with Crippen LogP contribution in [0, 0.1) is 0 Å². The molecule has 1 aliphatic rings. The average molecular weight is 883 g/mol. The fourth-order valence-electron chi connectivity index (χ4n) is 6.65. The maximum absolute atomic E-state index is 13.9. The predicted octanol–water partition coefficient (Wildman–Crippen LogP) is 3.09. The minimum absolute atomic E-state index is 0.00308. The summed E-state index contributed by atoms with van der Waals surface area (Å²) in [5, 5.41) is 0. The molecule has 2 atom stereocenters. The van der Waals surface area contributed by atoms with Crippen molar-refractivity contribution < 1.29 is 61.8 Å². The van der Waals surface area contributed by atoms with Crippen LogP contribution in [-0.2, 0) is 63.5 Å². The lowest BCUT2D eigenvalue weighted by Gasteiger charge is -2.38. The smallest absolute Gasteiger partial charge is 0.325 e. The van der Waals surface area contributed by atoms with Crippen LogP contribution >= 0.6 is 0 Å². The molecule has 1 aromatic rings. The second-order valence-electron chi connectivity index (χ2n) is 16.9. The molecule has 1 heterocycles. The molecule has 0 saturated carbocycles. The van der Waals surface area contributed by atoms with Gasteiger partial charge in [-0.05, 0) is 86.4 Å². The lowest BCUT2D eigenvalue weighted by molar-refractivity contribution is -0.158. The molecule has 2 unspecified atom stereocenters. The third-order valence-electron chi connectivity index (χ3n) is 9.48. The topological polar surface area (TPSA) is 164 Å². The van der Waals surface area contributed by atoms with Crippen molar-refractivity contribution in [2.24, 2.45) is 0 Å². The number of carbonyl (C=O) groups excluding carboxylic acids is 4. The Kier molecular flexibility index (Phi) is 26.3. The van der Waals surface area contributed by atoms with E-state index in [9.17, 15) is 19.2 Å². The normalized spacial score (nSPS) is 16.7. The van der Waals surface area contributed by atoms with E-state index in [2.05, 4.69) is 4.90 Å². The zero-order valence-electron chi connectivity index (χ0n) is 39.4. The van der Waals surface area contributed by atoms with Gasteiger partial charge in [-0.15, -0.1) is 0 Å². The van der Waals surface area contributed by atoms with Crippen LogP contribution in [0.25, 0.3) is 0 Å². The Morgan fingerprint density at radius 3 is 1.40 bits per heavy atom. The van der Waals surface area contributed by atoms with Gasteiger partial charge in [0.05, 0.1) is 65.9 Å². The summed E-state index contributed by atoms with van der Waals surface area (Å²) in [6.07, 6.45) is 0.343. The molecule has 2 rings (SSSR count). The number of hydrogen-bond donors (Lipinski definition) is 0. The maximum atomic E-state index is 13.9. The van der Waals surface area contributed by atoms with Crippen molar-refractivity contribution in [2.45, 2.75) is 92.0 Å². The first-order valence-electron chi connectivity index (χ1n) is 22.1. The number of hydrogen-bond acceptors (Lipinski definition) is 17. The average Bonchev–Trinajstić information content (AvgIpc) is 3.18. The molecule has 1 saturated heterocycles. The number of rotatable bonds is 25. The van der Waals surface area contributed by atoms with Gasteiger partial charge in [0.1, 0.15) is 35.6 Å². The molecule has 0 aliphatic carbocycles. The van der Waals surface area contributed by atoms with Gasteiger partial charge in [0.15, 0.2) is 0 Å². The van der Waals surface area contributed by atoms with Crippen LogP contribution in [0.4, 0.5) is 0 Å². The van der Waals surface area contributed by atoms with Crippen molar-refractivity contribution in [1.29, 1.82) is 0 Å². The van der Waals surface area contributed by atoms with E-state index in [1.54, 1.807) is 13.8 Å². The van der Waals surface area contributed by atoms with E-state index in [1.807, 2.05) is 87.4 Å². The van der Waals surface area contributed by atoms with Gasteiger partial charge in [0.2, 0.25) is 0 Å². The Balaban J connectivity index is 2.38. The minimum atomic E-state index is -0.717. The molecule has 62 heavy (non-hydrogen) atoms. The first-order chi connectivity index (χ1) is 29.5. The van der Waals surface area contributed by atoms with Gasteiger partial charge in [-0.3, -0.25) is 38.8 Å². The third kappa shape index (κ3) is 23.9. The summed E-state index contributed by atoms with van der Waals surface area (Å²) in [7, 11) is 1.53. The molecule has 0 radical (unpaired) electrons. The van der Waals surface area contributed by atoms with Crippen molar-refractivity contribution in [1.82, 2.24) is 19.6 Å². The number of carbonyl (C=O) groups is 4. The van der Waals surface area contributed by atoms with Gasteiger partial charge in [-0.1, -0.05) is 12.1 Å². The van der Waals surface area contributed by atoms with Gasteiger partial charge in [0, 0.05) is 66.1 Å². The highest BCUT2D eigenvalue weighted by Gasteiger charge is 2.33. The lowest BCUT2D eigenvalue weighted by atomic mass is 10.0. The van der Waals surface area contributed by atoms with Crippen LogP contribution in [0.1, 0.15) is 67.9 Å². The minimum Gasteiger partial charge on any atom is -0.491 e. The molecular formula is C45H78N4O13. The summed E-state index contributed by atoms with van der Waals surface area (Å²) in [6, 6.07) is 6.20. The Bertz CT molecular complexity index is 1370. The lowest BCUT2D eigenvalue weighted by Crippen LogP contribution is -2.55. The zero-order chi connectivity index (χ0) is 46.0. The van der Waals surface area contributed by atoms with Gasteiger partial charge < -0.3 is 42.6 Å². The standard InChI is InChI=1S/C45H78N4O13/c1-11-55-26-27-56-28-29-57-30-31-60-37-16-14-36(15-17-37)32-38(42(52)58-12-2)48-22-18-46(33-40(50)61-44(4,5)6)20-24-49(39(35-54-10)43(53)59-13-3)25-21-47(19-23-48)34-41(51)62-45(7,8)9/h14-17,38-39H,11-13,18-35H2,1-10H3. The molecule has 0 aromatic heterocycles. The van der Waals surface area contributed by atoms with Crippen LogP contribution < -0.4 is 4.74 Å². The number of esters is 4. The molecule has 0 bridgehead atoms. The van der Waals surface area contributed by atoms with Crippen molar-refractivity contribution in [3.05, 3.63) is 29.8 Å². The highest BCUT2D eigenvalue weighted by molar-refractivity contribution is 5.77. The first-order valence-corrected chi connectivity index (χ1v) is 22.1. The quantitative estimate of drug-likeness (QED) is 0.0799. The fraction of sp³-hybridized carbons (Fsp3) is 0.778. The van der Waals surface area contributed by atoms with Crippen molar-refractivity contribution in [2.75, 3.05) is 139 Å². The molecular weight excluding hydrogens is 805 g/mol. The van der Waals surface area contributed by atoms with Crippen molar-refractivity contribution in [3.63, 3.8) is 0 Å². The summed E-state index contributed by atoms with van der Waals surface area (Å²) in [6.45, 7) is 23.4. The molecule has 1 aromatic carbocycles. The second kappa shape index (κ2) is 29.9. The molecule has 17 heteroatoms. The Morgan fingerprint density at radius 1 is 0.565 bits per heavy atom. The highest BCUT2D eigenvalue weighted by Crippen LogP contribution is 2.18. The van der Waals surface area contributed by atoms with Gasteiger partial charge >= 0.3 is 23.9 Å². The van der Waals surface area contributed by atoms with Crippen LogP contribution in [0.15, 0.2) is 24.3 Å². The zero-order valence-corrected chi connectivity index (χ0v) is 39.4. The molecule has 0 spiro atoms. The SMILES string of the molecule is CCOCCOCCOCCOc1ccc(CC(C(=O)OCC)N2CCN(CC(=O)OC(C)(C)C)CCN(C(COC)C(=O)OCC)CCN(CC(=O)OC(C)(C)C)CC2)cc1. The largest absolute Gasteiger partial charge is 0.491 e. The second-order valence-corrected chi connectivity index (χ2v) is 16.9. The van der Waals surface area contributed by atoms with Crippen molar-refractivity contribution in [3.8, 4) is 5.75 Å². The summed E-state index contributed by atoms with van der Waals surface area (Å²) >= 11 is 0. The summed E-state index contributed by atoms with van der Waals surface area (Å²) < 4.78 is 50.3. The Labute approximate surface area is 370 Å². The van der Waals surface area contributed by atoms with E-state index in [0.29, 0.717) is 111 Å². The van der Waals surface area contributed by atoms with Crippen LogP contribution in [0.5, 0.6) is 5.75 Å². The van der Waals surface area contributed by atoms with Gasteiger partial charge in [-0.25, -0.2) is 0 Å².